The number of hydrogen-bond acceptors (Lipinski definition) is 4. The fourth-order valence-corrected chi connectivity index (χ4v) is 7.98. The highest BCUT2D eigenvalue weighted by Gasteiger charge is 2.63. The van der Waals surface area contributed by atoms with Crippen molar-refractivity contribution in [3.8, 4) is 11.5 Å². The minimum Gasteiger partial charge on any atom is -0.504 e. The summed E-state index contributed by atoms with van der Waals surface area (Å²) in [5.74, 6) is 2.60. The van der Waals surface area contributed by atoms with Crippen molar-refractivity contribution in [2.24, 2.45) is 34.8 Å². The van der Waals surface area contributed by atoms with Crippen molar-refractivity contribution in [2.75, 3.05) is 13.2 Å². The van der Waals surface area contributed by atoms with Gasteiger partial charge in [-0.15, -0.1) is 0 Å². The third-order valence-corrected chi connectivity index (χ3v) is 9.30. The van der Waals surface area contributed by atoms with Gasteiger partial charge in [0.25, 0.3) is 0 Å². The Bertz CT molecular complexity index is 710. The Kier molecular flexibility index (Phi) is 3.68. The van der Waals surface area contributed by atoms with Crippen LogP contribution in [-0.4, -0.2) is 28.2 Å². The van der Waals surface area contributed by atoms with Gasteiger partial charge in [0.15, 0.2) is 11.5 Å². The molecule has 4 N–H and O–H groups in total. The number of phenolic OH excluding ortho intramolecular Hbond substituents is 2. The molecular formula is C20H26BrNO3. The average molecular weight is 408 g/mol. The average Bonchev–Trinajstić information content (AvgIpc) is 2.62. The van der Waals surface area contributed by atoms with Crippen LogP contribution >= 0.6 is 15.9 Å². The molecule has 4 fully saturated rings. The van der Waals surface area contributed by atoms with Crippen molar-refractivity contribution >= 4 is 15.9 Å². The highest BCUT2D eigenvalue weighted by molar-refractivity contribution is 9.09. The SMILES string of the molecule is NCC12CC3CC(CC(C3)C1C1OCCc3c1ccc(O)c3O)C2Br. The summed E-state index contributed by atoms with van der Waals surface area (Å²) in [5.41, 5.74) is 8.42. The van der Waals surface area contributed by atoms with Gasteiger partial charge in [-0.05, 0) is 68.0 Å². The lowest BCUT2D eigenvalue weighted by Gasteiger charge is -2.65. The van der Waals surface area contributed by atoms with E-state index in [0.29, 0.717) is 36.2 Å². The zero-order valence-corrected chi connectivity index (χ0v) is 15.9. The third kappa shape index (κ3) is 2.12. The van der Waals surface area contributed by atoms with Gasteiger partial charge >= 0.3 is 0 Å². The standard InChI is InChI=1S/C20H26BrNO3/c21-19-12-6-10-5-11(7-12)16(20(19,8-10)9-22)18-14-1-2-15(23)17(24)13(14)3-4-25-18/h1-2,10-12,16,18-19,23-24H,3-9,22H2. The number of rotatable bonds is 2. The lowest BCUT2D eigenvalue weighted by atomic mass is 9.43. The van der Waals surface area contributed by atoms with E-state index in [2.05, 4.69) is 15.9 Å². The molecule has 5 aliphatic rings. The van der Waals surface area contributed by atoms with Crippen LogP contribution in [0.4, 0.5) is 0 Å². The minimum absolute atomic E-state index is 0.0242. The normalized spacial score (nSPS) is 44.7. The Balaban J connectivity index is 1.61. The summed E-state index contributed by atoms with van der Waals surface area (Å²) in [4.78, 5) is 0.461. The first-order valence-corrected chi connectivity index (χ1v) is 10.5. The number of aromatic hydroxyl groups is 2. The fraction of sp³-hybridized carbons (Fsp3) is 0.700. The summed E-state index contributed by atoms with van der Waals surface area (Å²) in [6, 6.07) is 3.55. The first-order chi connectivity index (χ1) is 12.0. The van der Waals surface area contributed by atoms with Gasteiger partial charge in [0.2, 0.25) is 0 Å². The van der Waals surface area contributed by atoms with Gasteiger partial charge < -0.3 is 20.7 Å². The topological polar surface area (TPSA) is 75.7 Å². The molecule has 25 heavy (non-hydrogen) atoms. The Hall–Kier alpha value is -0.780. The molecule has 4 bridgehead atoms. The van der Waals surface area contributed by atoms with E-state index in [9.17, 15) is 10.2 Å². The summed E-state index contributed by atoms with van der Waals surface area (Å²) < 4.78 is 6.33. The van der Waals surface area contributed by atoms with Crippen molar-refractivity contribution < 1.29 is 14.9 Å². The number of alkyl halides is 1. The highest BCUT2D eigenvalue weighted by atomic mass is 79.9. The van der Waals surface area contributed by atoms with E-state index in [1.165, 1.54) is 25.7 Å². The summed E-state index contributed by atoms with van der Waals surface area (Å²) >= 11 is 4.05. The molecule has 0 spiro atoms. The van der Waals surface area contributed by atoms with Crippen molar-refractivity contribution in [3.63, 3.8) is 0 Å². The Morgan fingerprint density at radius 3 is 2.80 bits per heavy atom. The van der Waals surface area contributed by atoms with Crippen LogP contribution in [0.5, 0.6) is 11.5 Å². The van der Waals surface area contributed by atoms with E-state index in [1.807, 2.05) is 6.07 Å². The van der Waals surface area contributed by atoms with Crippen LogP contribution in [0.15, 0.2) is 12.1 Å². The van der Waals surface area contributed by atoms with Gasteiger partial charge in [-0.25, -0.2) is 0 Å². The molecule has 0 amide bonds. The zero-order valence-electron chi connectivity index (χ0n) is 14.3. The predicted octanol–water partition coefficient (Wildman–Crippen LogP) is 3.49. The molecule has 0 aromatic heterocycles. The molecule has 7 atom stereocenters. The first kappa shape index (κ1) is 16.4. The summed E-state index contributed by atoms with van der Waals surface area (Å²) in [6.45, 7) is 1.29. The molecule has 5 heteroatoms. The molecule has 6 rings (SSSR count). The first-order valence-electron chi connectivity index (χ1n) is 9.54. The highest BCUT2D eigenvalue weighted by Crippen LogP contribution is 2.67. The number of nitrogens with two attached hydrogens (primary N) is 1. The van der Waals surface area contributed by atoms with Gasteiger partial charge in [0.05, 0.1) is 12.7 Å². The molecule has 0 radical (unpaired) electrons. The van der Waals surface area contributed by atoms with E-state index >= 15 is 0 Å². The Morgan fingerprint density at radius 1 is 1.20 bits per heavy atom. The molecular weight excluding hydrogens is 382 g/mol. The van der Waals surface area contributed by atoms with Crippen molar-refractivity contribution in [2.45, 2.75) is 43.0 Å². The number of hydrogen-bond donors (Lipinski definition) is 3. The van der Waals surface area contributed by atoms with Crippen molar-refractivity contribution in [1.29, 1.82) is 0 Å². The van der Waals surface area contributed by atoms with E-state index in [4.69, 9.17) is 10.5 Å². The fourth-order valence-electron chi connectivity index (χ4n) is 6.87. The molecule has 4 nitrogen and oxygen atoms in total. The van der Waals surface area contributed by atoms with E-state index in [1.54, 1.807) is 6.07 Å². The van der Waals surface area contributed by atoms with Crippen LogP contribution in [-0.2, 0) is 11.2 Å². The maximum atomic E-state index is 10.3. The molecule has 1 aromatic carbocycles. The second-order valence-corrected chi connectivity index (χ2v) is 9.69. The summed E-state index contributed by atoms with van der Waals surface area (Å²) in [7, 11) is 0. The van der Waals surface area contributed by atoms with Crippen LogP contribution in [0, 0.1) is 29.1 Å². The van der Waals surface area contributed by atoms with Crippen LogP contribution in [0.2, 0.25) is 0 Å². The van der Waals surface area contributed by atoms with Gasteiger partial charge in [-0.3, -0.25) is 0 Å². The Morgan fingerprint density at radius 2 is 2.00 bits per heavy atom. The molecule has 7 unspecified atom stereocenters. The quantitative estimate of drug-likeness (QED) is 0.517. The van der Waals surface area contributed by atoms with E-state index < -0.39 is 0 Å². The largest absolute Gasteiger partial charge is 0.504 e. The monoisotopic (exact) mass is 407 g/mol. The summed E-state index contributed by atoms with van der Waals surface area (Å²) in [5, 5.41) is 20.2. The van der Waals surface area contributed by atoms with Crippen molar-refractivity contribution in [3.05, 3.63) is 23.3 Å². The zero-order chi connectivity index (χ0) is 17.3. The molecule has 1 heterocycles. The van der Waals surface area contributed by atoms with E-state index in [-0.39, 0.29) is 23.0 Å². The maximum absolute atomic E-state index is 10.3. The predicted molar refractivity (Wildman–Crippen MR) is 98.8 cm³/mol. The number of fused-ring (bicyclic) bond motifs is 1. The lowest BCUT2D eigenvalue weighted by Crippen LogP contribution is -2.63. The Labute approximate surface area is 156 Å². The van der Waals surface area contributed by atoms with Gasteiger partial charge in [-0.1, -0.05) is 22.0 Å². The minimum atomic E-state index is -0.0311. The number of benzene rings is 1. The molecule has 4 saturated carbocycles. The third-order valence-electron chi connectivity index (χ3n) is 7.64. The number of ether oxygens (including phenoxy) is 1. The maximum Gasteiger partial charge on any atom is 0.161 e. The van der Waals surface area contributed by atoms with Crippen LogP contribution in [0.3, 0.4) is 0 Å². The van der Waals surface area contributed by atoms with E-state index in [0.717, 1.165) is 23.0 Å². The molecule has 1 aromatic rings. The molecule has 136 valence electrons. The second-order valence-electron chi connectivity index (χ2n) is 8.70. The van der Waals surface area contributed by atoms with Gasteiger partial charge in [0.1, 0.15) is 0 Å². The molecule has 1 aliphatic heterocycles. The number of halogens is 1. The van der Waals surface area contributed by atoms with Crippen molar-refractivity contribution in [1.82, 2.24) is 0 Å². The molecule has 0 saturated heterocycles. The lowest BCUT2D eigenvalue weighted by molar-refractivity contribution is -0.159. The molecule has 4 aliphatic carbocycles. The van der Waals surface area contributed by atoms with Crippen LogP contribution in [0.25, 0.3) is 0 Å². The van der Waals surface area contributed by atoms with Crippen LogP contribution < -0.4 is 5.73 Å². The smallest absolute Gasteiger partial charge is 0.161 e. The van der Waals surface area contributed by atoms with Crippen LogP contribution in [0.1, 0.15) is 42.9 Å². The number of phenols is 2. The summed E-state index contributed by atoms with van der Waals surface area (Å²) in [6.07, 6.45) is 5.72. The van der Waals surface area contributed by atoms with Gasteiger partial charge in [0, 0.05) is 21.7 Å². The van der Waals surface area contributed by atoms with Gasteiger partial charge in [-0.2, -0.15) is 0 Å². The second kappa shape index (κ2) is 5.61.